The highest BCUT2D eigenvalue weighted by molar-refractivity contribution is 7.27. The molecule has 66 valence electrons. The summed E-state index contributed by atoms with van der Waals surface area (Å²) < 4.78 is 0. The van der Waals surface area contributed by atoms with E-state index in [2.05, 4.69) is 15.8 Å². The molecule has 1 aromatic rings. The van der Waals surface area contributed by atoms with Crippen molar-refractivity contribution in [2.45, 2.75) is 0 Å². The van der Waals surface area contributed by atoms with E-state index in [1.807, 2.05) is 24.3 Å². The summed E-state index contributed by atoms with van der Waals surface area (Å²) in [6, 6.07) is 7.84. The molecule has 1 nitrogen and oxygen atoms in total. The summed E-state index contributed by atoms with van der Waals surface area (Å²) in [6.07, 6.45) is 0. The van der Waals surface area contributed by atoms with Crippen LogP contribution in [0.1, 0.15) is 5.56 Å². The highest BCUT2D eigenvalue weighted by Crippen LogP contribution is 2.14. The molecule has 0 radical (unpaired) electrons. The summed E-state index contributed by atoms with van der Waals surface area (Å²) in [5, 5.41) is 8.74. The van der Waals surface area contributed by atoms with Crippen molar-refractivity contribution in [2.75, 3.05) is 7.11 Å². The topological polar surface area (TPSA) is 20.2 Å². The Morgan fingerprint density at radius 3 is 2.08 bits per heavy atom. The van der Waals surface area contributed by atoms with Gasteiger partial charge < -0.3 is 5.11 Å². The molecule has 0 saturated heterocycles. The van der Waals surface area contributed by atoms with Gasteiger partial charge in [-0.2, -0.15) is 0 Å². The van der Waals surface area contributed by atoms with E-state index in [1.54, 1.807) is 0 Å². The maximum atomic E-state index is 7.00. The van der Waals surface area contributed by atoms with E-state index in [0.717, 1.165) is 18.0 Å². The summed E-state index contributed by atoms with van der Waals surface area (Å²) in [5.41, 5.74) is 0.980. The fraction of sp³-hybridized carbons (Fsp3) is 0.111. The maximum Gasteiger partial charge on any atom is 0.0406 e. The second-order valence-electron chi connectivity index (χ2n) is 2.03. The van der Waals surface area contributed by atoms with Crippen molar-refractivity contribution >= 4 is 31.2 Å². The quantitative estimate of drug-likeness (QED) is 0.691. The van der Waals surface area contributed by atoms with Crippen LogP contribution in [0.2, 0.25) is 0 Å². The lowest BCUT2D eigenvalue weighted by Gasteiger charge is -1.96. The van der Waals surface area contributed by atoms with Crippen molar-refractivity contribution in [2.24, 2.45) is 0 Å². The minimum Gasteiger partial charge on any atom is -0.400 e. The van der Waals surface area contributed by atoms with Gasteiger partial charge in [0, 0.05) is 12.1 Å². The van der Waals surface area contributed by atoms with Crippen molar-refractivity contribution in [3.8, 4) is 0 Å². The molecule has 0 fully saturated rings. The van der Waals surface area contributed by atoms with Gasteiger partial charge in [0.15, 0.2) is 0 Å². The van der Waals surface area contributed by atoms with Crippen molar-refractivity contribution in [3.05, 3.63) is 36.4 Å². The lowest BCUT2D eigenvalue weighted by molar-refractivity contribution is 0.399. The lowest BCUT2D eigenvalue weighted by Crippen LogP contribution is -1.87. The Morgan fingerprint density at radius 2 is 1.75 bits per heavy atom. The first-order valence-electron chi connectivity index (χ1n) is 3.35. The van der Waals surface area contributed by atoms with E-state index in [-0.39, 0.29) is 0 Å². The van der Waals surface area contributed by atoms with Crippen molar-refractivity contribution in [3.63, 3.8) is 0 Å². The second kappa shape index (κ2) is 6.19. The zero-order chi connectivity index (χ0) is 9.56. The predicted molar refractivity (Wildman–Crippen MR) is 58.8 cm³/mol. The van der Waals surface area contributed by atoms with E-state index in [9.17, 15) is 0 Å². The summed E-state index contributed by atoms with van der Waals surface area (Å²) in [7, 11) is 3.61. The van der Waals surface area contributed by atoms with Gasteiger partial charge in [-0.25, -0.2) is 0 Å². The molecule has 1 unspecified atom stereocenters. The molecule has 0 aromatic heterocycles. The smallest absolute Gasteiger partial charge is 0.0406 e. The first kappa shape index (κ1) is 11.6. The second-order valence-corrected chi connectivity index (χ2v) is 3.15. The van der Waals surface area contributed by atoms with Gasteiger partial charge in [0.1, 0.15) is 0 Å². The third-order valence-corrected chi connectivity index (χ3v) is 1.83. The predicted octanol–water partition coefficient (Wildman–Crippen LogP) is 2.01. The van der Waals surface area contributed by atoms with Gasteiger partial charge in [-0.05, 0) is 10.9 Å². The van der Waals surface area contributed by atoms with E-state index >= 15 is 0 Å². The molecule has 0 aliphatic carbocycles. The molecule has 0 heterocycles. The van der Waals surface area contributed by atoms with Crippen molar-refractivity contribution < 1.29 is 5.11 Å². The summed E-state index contributed by atoms with van der Waals surface area (Å²) >= 11 is 5.65. The number of hydrogen-bond donors (Lipinski definition) is 1. The largest absolute Gasteiger partial charge is 0.400 e. The number of rotatable bonds is 1. The summed E-state index contributed by atoms with van der Waals surface area (Å²) in [4.78, 5) is 0. The fourth-order valence-corrected chi connectivity index (χ4v) is 0.982. The Balaban J connectivity index is 0.000000561. The minimum absolute atomic E-state index is 0.588. The van der Waals surface area contributed by atoms with Crippen LogP contribution in [0.5, 0.6) is 0 Å². The SMILES string of the molecule is C=C(Cl)c1ccc(P)cc1.CO. The monoisotopic (exact) mass is 202 g/mol. The Hall–Kier alpha value is -0.360. The van der Waals surface area contributed by atoms with Gasteiger partial charge in [0.25, 0.3) is 0 Å². The van der Waals surface area contributed by atoms with E-state index in [4.69, 9.17) is 16.7 Å². The van der Waals surface area contributed by atoms with E-state index in [0.29, 0.717) is 5.03 Å². The normalized spacial score (nSPS) is 8.33. The van der Waals surface area contributed by atoms with Gasteiger partial charge in [-0.15, -0.1) is 9.24 Å². The average Bonchev–Trinajstić information content (AvgIpc) is 2.09. The Bertz CT molecular complexity index is 243. The zero-order valence-corrected chi connectivity index (χ0v) is 8.83. The molecule has 1 aromatic carbocycles. The number of aliphatic hydroxyl groups is 1. The van der Waals surface area contributed by atoms with Gasteiger partial charge in [-0.1, -0.05) is 42.4 Å². The van der Waals surface area contributed by atoms with Gasteiger partial charge in [-0.3, -0.25) is 0 Å². The lowest BCUT2D eigenvalue weighted by atomic mass is 10.2. The fourth-order valence-electron chi connectivity index (χ4n) is 0.664. The van der Waals surface area contributed by atoms with Crippen LogP contribution in [0.4, 0.5) is 0 Å². The highest BCUT2D eigenvalue weighted by Gasteiger charge is 1.91. The van der Waals surface area contributed by atoms with E-state index < -0.39 is 0 Å². The number of halogens is 1. The Kier molecular flexibility index (Phi) is 6.00. The van der Waals surface area contributed by atoms with Gasteiger partial charge in [0.05, 0.1) is 0 Å². The van der Waals surface area contributed by atoms with Crippen LogP contribution in [-0.4, -0.2) is 12.2 Å². The summed E-state index contributed by atoms with van der Waals surface area (Å²) in [6.45, 7) is 3.61. The molecule has 0 aliphatic heterocycles. The number of aliphatic hydroxyl groups excluding tert-OH is 1. The molecule has 0 saturated carbocycles. The van der Waals surface area contributed by atoms with Crippen LogP contribution < -0.4 is 5.30 Å². The third kappa shape index (κ3) is 3.87. The van der Waals surface area contributed by atoms with Crippen LogP contribution in [0.15, 0.2) is 30.8 Å². The molecule has 0 aliphatic rings. The minimum atomic E-state index is 0.588. The molecule has 1 N–H and O–H groups in total. The molecule has 0 bridgehead atoms. The molecular weight excluding hydrogens is 191 g/mol. The van der Waals surface area contributed by atoms with Crippen LogP contribution in [0.3, 0.4) is 0 Å². The van der Waals surface area contributed by atoms with Crippen LogP contribution in [0.25, 0.3) is 5.03 Å². The zero-order valence-electron chi connectivity index (χ0n) is 6.92. The van der Waals surface area contributed by atoms with Crippen LogP contribution in [0, 0.1) is 0 Å². The average molecular weight is 203 g/mol. The molecule has 3 heteroatoms. The summed E-state index contributed by atoms with van der Waals surface area (Å²) in [5.74, 6) is 0. The molecular formula is C9H12ClOP. The van der Waals surface area contributed by atoms with Gasteiger partial charge in [0.2, 0.25) is 0 Å². The highest BCUT2D eigenvalue weighted by atomic mass is 35.5. The maximum absolute atomic E-state index is 7.00. The number of hydrogen-bond acceptors (Lipinski definition) is 1. The molecule has 1 atom stereocenters. The molecule has 12 heavy (non-hydrogen) atoms. The number of benzene rings is 1. The van der Waals surface area contributed by atoms with E-state index in [1.165, 1.54) is 0 Å². The first-order chi connectivity index (χ1) is 5.70. The van der Waals surface area contributed by atoms with Crippen molar-refractivity contribution in [1.29, 1.82) is 0 Å². The Morgan fingerprint density at radius 1 is 1.33 bits per heavy atom. The standard InChI is InChI=1S/C8H8ClP.CH4O/c1-6(9)7-2-4-8(10)5-3-7;1-2/h2-5H,1,10H2;2H,1H3. The first-order valence-corrected chi connectivity index (χ1v) is 4.31. The molecule has 1 rings (SSSR count). The van der Waals surface area contributed by atoms with Crippen LogP contribution in [-0.2, 0) is 0 Å². The molecule has 0 spiro atoms. The third-order valence-electron chi connectivity index (χ3n) is 1.22. The van der Waals surface area contributed by atoms with Crippen LogP contribution >= 0.6 is 20.8 Å². The van der Waals surface area contributed by atoms with Crippen molar-refractivity contribution in [1.82, 2.24) is 0 Å². The Labute approximate surface area is 80.3 Å². The molecule has 0 amide bonds. The van der Waals surface area contributed by atoms with Gasteiger partial charge >= 0.3 is 0 Å².